The van der Waals surface area contributed by atoms with E-state index in [0.717, 1.165) is 5.56 Å². The first-order valence-corrected chi connectivity index (χ1v) is 5.48. The standard InChI is InChI=1S/C12H16FN3/c1-7(16-12(14)15)10-5-4-9(6-11(10)13)8-2-3-8/h4-8H,2-3H2,1H3,(H4,14,15,16). The maximum absolute atomic E-state index is 13.8. The van der Waals surface area contributed by atoms with E-state index in [4.69, 9.17) is 11.1 Å². The van der Waals surface area contributed by atoms with Gasteiger partial charge in [-0.25, -0.2) is 4.39 Å². The van der Waals surface area contributed by atoms with Gasteiger partial charge in [-0.05, 0) is 37.3 Å². The Kier molecular flexibility index (Phi) is 2.81. The molecule has 1 aromatic carbocycles. The first kappa shape index (κ1) is 10.9. The van der Waals surface area contributed by atoms with Gasteiger partial charge in [0.05, 0.1) is 6.04 Å². The molecule has 1 fully saturated rings. The maximum atomic E-state index is 13.8. The number of hydrogen-bond acceptors (Lipinski definition) is 1. The van der Waals surface area contributed by atoms with Crippen LogP contribution in [0.5, 0.6) is 0 Å². The molecule has 1 atom stereocenters. The smallest absolute Gasteiger partial charge is 0.186 e. The number of rotatable bonds is 3. The van der Waals surface area contributed by atoms with Crippen molar-refractivity contribution in [3.8, 4) is 0 Å². The number of benzene rings is 1. The molecule has 0 aromatic heterocycles. The molecular formula is C12H16FN3. The Bertz CT molecular complexity index is 413. The van der Waals surface area contributed by atoms with Crippen LogP contribution in [0.1, 0.15) is 42.9 Å². The van der Waals surface area contributed by atoms with Crippen molar-refractivity contribution in [1.82, 2.24) is 5.32 Å². The lowest BCUT2D eigenvalue weighted by molar-refractivity contribution is 0.576. The quantitative estimate of drug-likeness (QED) is 0.541. The maximum Gasteiger partial charge on any atom is 0.186 e. The third-order valence-electron chi connectivity index (χ3n) is 2.91. The summed E-state index contributed by atoms with van der Waals surface area (Å²) in [6.45, 7) is 1.79. The van der Waals surface area contributed by atoms with Crippen molar-refractivity contribution in [2.75, 3.05) is 0 Å². The fourth-order valence-electron chi connectivity index (χ4n) is 1.88. The van der Waals surface area contributed by atoms with Gasteiger partial charge in [0.2, 0.25) is 0 Å². The fourth-order valence-corrected chi connectivity index (χ4v) is 1.88. The molecule has 0 heterocycles. The van der Waals surface area contributed by atoms with Gasteiger partial charge in [-0.1, -0.05) is 12.1 Å². The topological polar surface area (TPSA) is 61.9 Å². The molecule has 2 rings (SSSR count). The Morgan fingerprint density at radius 1 is 1.56 bits per heavy atom. The molecule has 1 aromatic rings. The minimum atomic E-state index is -0.272. The highest BCUT2D eigenvalue weighted by atomic mass is 19.1. The molecule has 0 amide bonds. The van der Waals surface area contributed by atoms with Gasteiger partial charge in [0.1, 0.15) is 5.82 Å². The van der Waals surface area contributed by atoms with Gasteiger partial charge in [0.15, 0.2) is 5.96 Å². The van der Waals surface area contributed by atoms with Crippen LogP contribution in [0.2, 0.25) is 0 Å². The summed E-state index contributed by atoms with van der Waals surface area (Å²) in [6.07, 6.45) is 2.33. The van der Waals surface area contributed by atoms with Crippen LogP contribution < -0.4 is 11.1 Å². The highest BCUT2D eigenvalue weighted by Crippen LogP contribution is 2.40. The molecule has 3 nitrogen and oxygen atoms in total. The molecule has 1 aliphatic rings. The van der Waals surface area contributed by atoms with E-state index >= 15 is 0 Å². The van der Waals surface area contributed by atoms with E-state index in [-0.39, 0.29) is 17.8 Å². The highest BCUT2D eigenvalue weighted by molar-refractivity contribution is 5.74. The van der Waals surface area contributed by atoms with Crippen LogP contribution in [0, 0.1) is 11.2 Å². The molecular weight excluding hydrogens is 205 g/mol. The Morgan fingerprint density at radius 3 is 2.75 bits per heavy atom. The lowest BCUT2D eigenvalue weighted by atomic mass is 10.0. The monoisotopic (exact) mass is 221 g/mol. The Balaban J connectivity index is 2.17. The molecule has 0 radical (unpaired) electrons. The largest absolute Gasteiger partial charge is 0.370 e. The Morgan fingerprint density at radius 2 is 2.25 bits per heavy atom. The molecule has 0 aliphatic heterocycles. The van der Waals surface area contributed by atoms with Crippen LogP contribution in [0.3, 0.4) is 0 Å². The van der Waals surface area contributed by atoms with Crippen molar-refractivity contribution >= 4 is 5.96 Å². The minimum absolute atomic E-state index is 0.141. The molecule has 0 saturated heterocycles. The normalized spacial score (nSPS) is 16.9. The zero-order valence-corrected chi connectivity index (χ0v) is 9.26. The van der Waals surface area contributed by atoms with Crippen LogP contribution in [0.15, 0.2) is 18.2 Å². The summed E-state index contributed by atoms with van der Waals surface area (Å²) in [4.78, 5) is 0. The van der Waals surface area contributed by atoms with E-state index in [2.05, 4.69) is 5.32 Å². The van der Waals surface area contributed by atoms with Crippen molar-refractivity contribution in [3.05, 3.63) is 35.1 Å². The van der Waals surface area contributed by atoms with Crippen molar-refractivity contribution in [2.45, 2.75) is 31.7 Å². The predicted octanol–water partition coefficient (Wildman–Crippen LogP) is 2.25. The molecule has 1 unspecified atom stereocenters. The summed E-state index contributed by atoms with van der Waals surface area (Å²) in [7, 11) is 0. The summed E-state index contributed by atoms with van der Waals surface area (Å²) < 4.78 is 13.8. The molecule has 4 heteroatoms. The van der Waals surface area contributed by atoms with Crippen molar-refractivity contribution < 1.29 is 4.39 Å². The summed E-state index contributed by atoms with van der Waals surface area (Å²) in [6, 6.07) is 5.08. The van der Waals surface area contributed by atoms with Gasteiger partial charge in [0.25, 0.3) is 0 Å². The molecule has 1 aliphatic carbocycles. The zero-order valence-electron chi connectivity index (χ0n) is 9.26. The minimum Gasteiger partial charge on any atom is -0.370 e. The number of nitrogens with two attached hydrogens (primary N) is 1. The lowest BCUT2D eigenvalue weighted by Crippen LogP contribution is -2.32. The second-order valence-electron chi connectivity index (χ2n) is 4.33. The second kappa shape index (κ2) is 4.12. The van der Waals surface area contributed by atoms with Crippen molar-refractivity contribution in [2.24, 2.45) is 5.73 Å². The number of guanidine groups is 1. The van der Waals surface area contributed by atoms with Gasteiger partial charge in [-0.2, -0.15) is 0 Å². The average molecular weight is 221 g/mol. The van der Waals surface area contributed by atoms with E-state index in [1.54, 1.807) is 19.1 Å². The average Bonchev–Trinajstić information content (AvgIpc) is 2.99. The predicted molar refractivity (Wildman–Crippen MR) is 61.8 cm³/mol. The summed E-state index contributed by atoms with van der Waals surface area (Å²) in [5, 5.41) is 9.79. The van der Waals surface area contributed by atoms with E-state index in [9.17, 15) is 4.39 Å². The Hall–Kier alpha value is -1.58. The summed E-state index contributed by atoms with van der Waals surface area (Å²) in [5.41, 5.74) is 6.85. The highest BCUT2D eigenvalue weighted by Gasteiger charge is 2.24. The molecule has 16 heavy (non-hydrogen) atoms. The van der Waals surface area contributed by atoms with E-state index in [1.807, 2.05) is 6.07 Å². The summed E-state index contributed by atoms with van der Waals surface area (Å²) in [5.74, 6) is 0.198. The van der Waals surface area contributed by atoms with Gasteiger partial charge in [0, 0.05) is 5.56 Å². The number of halogens is 1. The van der Waals surface area contributed by atoms with Gasteiger partial charge >= 0.3 is 0 Å². The first-order chi connectivity index (χ1) is 7.58. The van der Waals surface area contributed by atoms with Crippen LogP contribution >= 0.6 is 0 Å². The van der Waals surface area contributed by atoms with Crippen LogP contribution in [0.4, 0.5) is 4.39 Å². The summed E-state index contributed by atoms with van der Waals surface area (Å²) >= 11 is 0. The molecule has 4 N–H and O–H groups in total. The van der Waals surface area contributed by atoms with E-state index in [1.165, 1.54) is 12.8 Å². The molecule has 0 spiro atoms. The van der Waals surface area contributed by atoms with Gasteiger partial charge < -0.3 is 11.1 Å². The zero-order chi connectivity index (χ0) is 11.7. The van der Waals surface area contributed by atoms with Crippen LogP contribution in [-0.4, -0.2) is 5.96 Å². The van der Waals surface area contributed by atoms with Crippen molar-refractivity contribution in [3.63, 3.8) is 0 Å². The van der Waals surface area contributed by atoms with Crippen molar-refractivity contribution in [1.29, 1.82) is 5.41 Å². The third-order valence-corrected chi connectivity index (χ3v) is 2.91. The fraction of sp³-hybridized carbons (Fsp3) is 0.417. The van der Waals surface area contributed by atoms with Gasteiger partial charge in [-0.15, -0.1) is 0 Å². The third kappa shape index (κ3) is 2.32. The van der Waals surface area contributed by atoms with Gasteiger partial charge in [-0.3, -0.25) is 5.41 Å². The van der Waals surface area contributed by atoms with E-state index in [0.29, 0.717) is 11.5 Å². The van der Waals surface area contributed by atoms with Crippen LogP contribution in [-0.2, 0) is 0 Å². The number of hydrogen-bond donors (Lipinski definition) is 3. The SMILES string of the molecule is CC(NC(=N)N)c1ccc(C2CC2)cc1F. The second-order valence-corrected chi connectivity index (χ2v) is 4.33. The Labute approximate surface area is 94.4 Å². The molecule has 0 bridgehead atoms. The number of nitrogens with one attached hydrogen (secondary N) is 2. The first-order valence-electron chi connectivity index (χ1n) is 5.48. The van der Waals surface area contributed by atoms with Crippen LogP contribution in [0.25, 0.3) is 0 Å². The van der Waals surface area contributed by atoms with E-state index < -0.39 is 0 Å². The molecule has 86 valence electrons. The lowest BCUT2D eigenvalue weighted by Gasteiger charge is -2.15. The molecule has 1 saturated carbocycles.